The predicted octanol–water partition coefficient (Wildman–Crippen LogP) is 0.406. The standard InChI is InChI=1S/C18H27N3O5/c19-10-4-3-6-14(18(25)26)20-13-9-8-12-5-1-2-7-15(12)21(17(13)24)11-16(22)23/h1-2,7-8,13-14,17,20,24H,3-6,9-11,19H2,(H,22,23)(H,25,26)/t13?,14-,17?/m0/s1. The van der Waals surface area contributed by atoms with Crippen molar-refractivity contribution in [2.24, 2.45) is 5.73 Å². The molecule has 8 heteroatoms. The monoisotopic (exact) mass is 365 g/mol. The number of aliphatic hydroxyl groups excluding tert-OH is 1. The van der Waals surface area contributed by atoms with Crippen LogP contribution in [0.15, 0.2) is 35.6 Å². The molecule has 0 saturated carbocycles. The third kappa shape index (κ3) is 5.17. The Morgan fingerprint density at radius 2 is 2.12 bits per heavy atom. The quantitative estimate of drug-likeness (QED) is 0.371. The Hall–Kier alpha value is -2.16. The van der Waals surface area contributed by atoms with Crippen LogP contribution in [0.1, 0.15) is 32.1 Å². The van der Waals surface area contributed by atoms with Crippen LogP contribution < -0.4 is 11.1 Å². The van der Waals surface area contributed by atoms with Crippen LogP contribution >= 0.6 is 0 Å². The Labute approximate surface area is 152 Å². The van der Waals surface area contributed by atoms with Gasteiger partial charge in [0.25, 0.3) is 0 Å². The average molecular weight is 365 g/mol. The van der Waals surface area contributed by atoms with Crippen molar-refractivity contribution < 1.29 is 24.9 Å². The Morgan fingerprint density at radius 1 is 1.35 bits per heavy atom. The van der Waals surface area contributed by atoms with E-state index < -0.39 is 30.3 Å². The van der Waals surface area contributed by atoms with E-state index in [1.807, 2.05) is 18.2 Å². The van der Waals surface area contributed by atoms with E-state index in [2.05, 4.69) is 5.32 Å². The Morgan fingerprint density at radius 3 is 2.77 bits per heavy atom. The van der Waals surface area contributed by atoms with Gasteiger partial charge < -0.3 is 26.0 Å². The fraction of sp³-hybridized carbons (Fsp3) is 0.556. The van der Waals surface area contributed by atoms with Crippen LogP contribution in [0.4, 0.5) is 0 Å². The van der Waals surface area contributed by atoms with Crippen molar-refractivity contribution in [3.8, 4) is 0 Å². The number of hydrogen-bond acceptors (Lipinski definition) is 6. The highest BCUT2D eigenvalue weighted by molar-refractivity contribution is 5.73. The van der Waals surface area contributed by atoms with Crippen molar-refractivity contribution in [3.05, 3.63) is 35.6 Å². The van der Waals surface area contributed by atoms with Gasteiger partial charge in [0.15, 0.2) is 0 Å². The number of carboxylic acids is 2. The lowest BCUT2D eigenvalue weighted by Gasteiger charge is -2.35. The summed E-state index contributed by atoms with van der Waals surface area (Å²) < 4.78 is 0. The van der Waals surface area contributed by atoms with E-state index in [-0.39, 0.29) is 6.54 Å². The van der Waals surface area contributed by atoms with Gasteiger partial charge in [0, 0.05) is 5.70 Å². The molecule has 2 unspecified atom stereocenters. The summed E-state index contributed by atoms with van der Waals surface area (Å²) in [6, 6.07) is -1.41. The second-order valence-electron chi connectivity index (χ2n) is 6.53. The number of rotatable bonds is 9. The molecule has 3 atom stereocenters. The number of aliphatic carboxylic acids is 2. The van der Waals surface area contributed by atoms with Gasteiger partial charge in [0.1, 0.15) is 18.8 Å². The van der Waals surface area contributed by atoms with Crippen molar-refractivity contribution in [1.29, 1.82) is 0 Å². The Kier molecular flexibility index (Phi) is 7.38. The summed E-state index contributed by atoms with van der Waals surface area (Å²) in [6.07, 6.45) is 9.22. The van der Waals surface area contributed by atoms with Gasteiger partial charge >= 0.3 is 11.9 Å². The highest BCUT2D eigenvalue weighted by Crippen LogP contribution is 2.30. The number of allylic oxidation sites excluding steroid dienone is 4. The molecule has 1 heterocycles. The summed E-state index contributed by atoms with van der Waals surface area (Å²) in [4.78, 5) is 24.2. The zero-order valence-electron chi connectivity index (χ0n) is 14.7. The molecule has 0 saturated heterocycles. The van der Waals surface area contributed by atoms with Crippen LogP contribution in [0.25, 0.3) is 0 Å². The summed E-state index contributed by atoms with van der Waals surface area (Å²) in [7, 11) is 0. The zero-order chi connectivity index (χ0) is 19.1. The van der Waals surface area contributed by atoms with Gasteiger partial charge in [-0.1, -0.05) is 24.6 Å². The Balaban J connectivity index is 2.19. The van der Waals surface area contributed by atoms with Gasteiger partial charge in [0.2, 0.25) is 0 Å². The largest absolute Gasteiger partial charge is 0.480 e. The molecule has 6 N–H and O–H groups in total. The van der Waals surface area contributed by atoms with Crippen molar-refractivity contribution in [2.45, 2.75) is 50.4 Å². The molecular weight excluding hydrogens is 338 g/mol. The third-order valence-corrected chi connectivity index (χ3v) is 4.63. The molecule has 2 aliphatic rings. The summed E-state index contributed by atoms with van der Waals surface area (Å²) in [5, 5.41) is 32.5. The lowest BCUT2D eigenvalue weighted by atomic mass is 10.0. The molecule has 0 amide bonds. The van der Waals surface area contributed by atoms with Gasteiger partial charge in [-0.05, 0) is 43.9 Å². The number of fused-ring (bicyclic) bond motifs is 1. The first-order chi connectivity index (χ1) is 12.4. The maximum atomic E-state index is 11.6. The van der Waals surface area contributed by atoms with Crippen molar-refractivity contribution in [1.82, 2.24) is 10.2 Å². The minimum atomic E-state index is -1.14. The van der Waals surface area contributed by atoms with E-state index in [9.17, 15) is 24.9 Å². The van der Waals surface area contributed by atoms with Crippen molar-refractivity contribution in [3.63, 3.8) is 0 Å². The van der Waals surface area contributed by atoms with Crippen LogP contribution in [0.3, 0.4) is 0 Å². The van der Waals surface area contributed by atoms with Crippen LogP contribution in [-0.4, -0.2) is 63.6 Å². The number of nitrogens with one attached hydrogen (secondary N) is 1. The van der Waals surface area contributed by atoms with E-state index in [1.54, 1.807) is 6.08 Å². The fourth-order valence-corrected chi connectivity index (χ4v) is 3.29. The molecule has 0 aromatic rings. The minimum absolute atomic E-state index is 0.360. The molecular formula is C18H27N3O5. The second-order valence-corrected chi connectivity index (χ2v) is 6.53. The number of nitrogens with zero attached hydrogens (tertiary/aromatic N) is 1. The first kappa shape index (κ1) is 20.2. The summed E-state index contributed by atoms with van der Waals surface area (Å²) >= 11 is 0. The van der Waals surface area contributed by atoms with Crippen molar-refractivity contribution >= 4 is 11.9 Å². The van der Waals surface area contributed by atoms with Gasteiger partial charge in [0.05, 0.1) is 6.04 Å². The molecule has 0 fully saturated rings. The number of aliphatic hydroxyl groups is 1. The van der Waals surface area contributed by atoms with E-state index in [0.717, 1.165) is 12.0 Å². The maximum absolute atomic E-state index is 11.6. The third-order valence-electron chi connectivity index (χ3n) is 4.63. The van der Waals surface area contributed by atoms with E-state index in [4.69, 9.17) is 5.73 Å². The molecule has 0 aromatic carbocycles. The molecule has 0 bridgehead atoms. The van der Waals surface area contributed by atoms with E-state index >= 15 is 0 Å². The topological polar surface area (TPSA) is 136 Å². The van der Waals surface area contributed by atoms with Crippen LogP contribution in [0.5, 0.6) is 0 Å². The molecule has 0 aromatic heterocycles. The lowest BCUT2D eigenvalue weighted by Crippen LogP contribution is -2.54. The van der Waals surface area contributed by atoms with Gasteiger partial charge in [-0.15, -0.1) is 0 Å². The molecule has 1 aliphatic carbocycles. The maximum Gasteiger partial charge on any atom is 0.323 e. The predicted molar refractivity (Wildman–Crippen MR) is 96.1 cm³/mol. The van der Waals surface area contributed by atoms with Gasteiger partial charge in [-0.25, -0.2) is 0 Å². The van der Waals surface area contributed by atoms with Crippen LogP contribution in [0.2, 0.25) is 0 Å². The van der Waals surface area contributed by atoms with Gasteiger partial charge in [-0.3, -0.25) is 14.9 Å². The molecule has 144 valence electrons. The first-order valence-corrected chi connectivity index (χ1v) is 8.85. The van der Waals surface area contributed by atoms with Gasteiger partial charge in [-0.2, -0.15) is 0 Å². The summed E-state index contributed by atoms with van der Waals surface area (Å²) in [5.41, 5.74) is 7.06. The summed E-state index contributed by atoms with van der Waals surface area (Å²) in [5.74, 6) is -2.05. The van der Waals surface area contributed by atoms with Crippen molar-refractivity contribution in [2.75, 3.05) is 13.1 Å². The average Bonchev–Trinajstić information content (AvgIpc) is 2.72. The van der Waals surface area contributed by atoms with E-state index in [1.165, 1.54) is 4.90 Å². The number of carbonyl (C=O) groups is 2. The number of unbranched alkanes of at least 4 members (excludes halogenated alkanes) is 1. The van der Waals surface area contributed by atoms with Crippen LogP contribution in [0, 0.1) is 0 Å². The zero-order valence-corrected chi connectivity index (χ0v) is 14.7. The lowest BCUT2D eigenvalue weighted by molar-refractivity contribution is -0.143. The number of nitrogens with two attached hydrogens (primary N) is 1. The normalized spacial score (nSPS) is 23.5. The smallest absolute Gasteiger partial charge is 0.323 e. The minimum Gasteiger partial charge on any atom is -0.480 e. The SMILES string of the molecule is NCCCC[C@H](NC1CC=C2CC=CC=C2N(CC(=O)O)C1O)C(=O)O. The molecule has 8 nitrogen and oxygen atoms in total. The molecule has 2 rings (SSSR count). The fourth-order valence-electron chi connectivity index (χ4n) is 3.29. The number of hydrogen-bond donors (Lipinski definition) is 5. The number of carboxylic acid groups (broad SMARTS) is 2. The Bertz CT molecular complexity index is 614. The highest BCUT2D eigenvalue weighted by Gasteiger charge is 2.34. The second kappa shape index (κ2) is 9.51. The van der Waals surface area contributed by atoms with Crippen LogP contribution in [-0.2, 0) is 9.59 Å². The highest BCUT2D eigenvalue weighted by atomic mass is 16.4. The molecule has 1 aliphatic heterocycles. The molecule has 0 spiro atoms. The molecule has 0 radical (unpaired) electrons. The molecule has 26 heavy (non-hydrogen) atoms. The van der Waals surface area contributed by atoms with E-state index in [0.29, 0.717) is 37.9 Å². The first-order valence-electron chi connectivity index (χ1n) is 8.85. The summed E-state index contributed by atoms with van der Waals surface area (Å²) in [6.45, 7) is 0.138.